The molecule has 10 nitrogen and oxygen atoms in total. The molecule has 4 aromatic carbocycles. The van der Waals surface area contributed by atoms with Gasteiger partial charge in [0.15, 0.2) is 6.10 Å². The second kappa shape index (κ2) is 13.4. The average Bonchev–Trinajstić information content (AvgIpc) is 3.56. The molecule has 0 aliphatic rings. The Bertz CT molecular complexity index is 1950. The first kappa shape index (κ1) is 29.5. The van der Waals surface area contributed by atoms with Gasteiger partial charge in [-0.25, -0.2) is 4.68 Å². The molecule has 0 aliphatic heterocycles. The molecule has 2 heterocycles. The van der Waals surface area contributed by atoms with Gasteiger partial charge in [0.25, 0.3) is 11.8 Å². The fraction of sp³-hybridized carbons (Fsp3) is 0.0882. The number of pyridine rings is 1. The first-order chi connectivity index (χ1) is 21.9. The zero-order valence-electron chi connectivity index (χ0n) is 23.8. The van der Waals surface area contributed by atoms with Crippen molar-refractivity contribution in [3.05, 3.63) is 143 Å². The number of hydrogen-bond acceptors (Lipinski definition) is 7. The summed E-state index contributed by atoms with van der Waals surface area (Å²) in [5.74, 6) is -1.07. The number of carbonyl (C=O) groups is 2. The van der Waals surface area contributed by atoms with E-state index in [1.54, 1.807) is 71.7 Å². The first-order valence-corrected chi connectivity index (χ1v) is 14.5. The molecule has 0 saturated heterocycles. The highest BCUT2D eigenvalue weighted by Crippen LogP contribution is 2.28. The van der Waals surface area contributed by atoms with Crippen LogP contribution in [0.15, 0.2) is 122 Å². The third-order valence-corrected chi connectivity index (χ3v) is 7.38. The van der Waals surface area contributed by atoms with Crippen LogP contribution in [0.25, 0.3) is 16.6 Å². The fourth-order valence-corrected chi connectivity index (χ4v) is 5.04. The number of amides is 2. The molecule has 0 aliphatic carbocycles. The van der Waals surface area contributed by atoms with Crippen molar-refractivity contribution in [3.8, 4) is 5.69 Å². The second-order valence-electron chi connectivity index (χ2n) is 10.2. The number of aliphatic hydroxyl groups excluding tert-OH is 1. The van der Waals surface area contributed by atoms with E-state index in [4.69, 9.17) is 11.6 Å². The number of aromatic nitrogens is 4. The van der Waals surface area contributed by atoms with E-state index in [2.05, 4.69) is 31.2 Å². The number of carbonyl (C=O) groups excluding carboxylic acids is 2. The van der Waals surface area contributed by atoms with Gasteiger partial charge < -0.3 is 21.1 Å². The van der Waals surface area contributed by atoms with E-state index >= 15 is 0 Å². The topological polar surface area (TPSA) is 134 Å². The monoisotopic (exact) mass is 617 g/mol. The van der Waals surface area contributed by atoms with Crippen molar-refractivity contribution in [2.24, 2.45) is 0 Å². The lowest BCUT2D eigenvalue weighted by molar-refractivity contribution is -0.130. The van der Waals surface area contributed by atoms with Gasteiger partial charge in [-0.2, -0.15) is 0 Å². The average molecular weight is 618 g/mol. The number of rotatable bonds is 10. The third-order valence-electron chi connectivity index (χ3n) is 7.14. The Hall–Kier alpha value is -5.58. The zero-order chi connectivity index (χ0) is 31.2. The molecule has 0 unspecified atom stereocenters. The maximum Gasteiger partial charge on any atom is 0.251 e. The van der Waals surface area contributed by atoms with Crippen molar-refractivity contribution in [3.63, 3.8) is 0 Å². The molecule has 0 radical (unpaired) electrons. The van der Waals surface area contributed by atoms with Crippen molar-refractivity contribution in [1.29, 1.82) is 0 Å². The predicted molar refractivity (Wildman–Crippen MR) is 172 cm³/mol. The quantitative estimate of drug-likeness (QED) is 0.163. The highest BCUT2D eigenvalue weighted by atomic mass is 35.5. The maximum atomic E-state index is 13.1. The minimum absolute atomic E-state index is 0.0214. The maximum absolute atomic E-state index is 13.1. The molecule has 6 aromatic rings. The summed E-state index contributed by atoms with van der Waals surface area (Å²) in [6.07, 6.45) is 1.86. The van der Waals surface area contributed by atoms with Gasteiger partial charge in [0.1, 0.15) is 5.69 Å². The Balaban J connectivity index is 1.12. The van der Waals surface area contributed by atoms with Crippen molar-refractivity contribution in [2.45, 2.75) is 18.7 Å². The molecule has 0 fully saturated rings. The summed E-state index contributed by atoms with van der Waals surface area (Å²) in [4.78, 5) is 30.3. The predicted octanol–water partition coefficient (Wildman–Crippen LogP) is 5.36. The summed E-state index contributed by atoms with van der Waals surface area (Å²) in [6, 6.07) is 31.6. The van der Waals surface area contributed by atoms with E-state index in [0.717, 1.165) is 28.0 Å². The van der Waals surface area contributed by atoms with Crippen LogP contribution in [0.2, 0.25) is 5.02 Å². The van der Waals surface area contributed by atoms with E-state index < -0.39 is 24.0 Å². The van der Waals surface area contributed by atoms with Crippen LogP contribution >= 0.6 is 11.6 Å². The van der Waals surface area contributed by atoms with Crippen LogP contribution in [-0.2, 0) is 11.3 Å². The summed E-state index contributed by atoms with van der Waals surface area (Å²) in [7, 11) is 0. The normalized spacial score (nSPS) is 12.3. The molecule has 2 aromatic heterocycles. The Morgan fingerprint density at radius 2 is 1.67 bits per heavy atom. The molecule has 11 heteroatoms. The summed E-state index contributed by atoms with van der Waals surface area (Å²) >= 11 is 6.13. The molecule has 2 amide bonds. The van der Waals surface area contributed by atoms with E-state index in [1.165, 1.54) is 0 Å². The zero-order valence-corrected chi connectivity index (χ0v) is 24.6. The smallest absolute Gasteiger partial charge is 0.251 e. The van der Waals surface area contributed by atoms with Gasteiger partial charge in [-0.1, -0.05) is 71.4 Å². The van der Waals surface area contributed by atoms with Crippen LogP contribution < -0.4 is 16.0 Å². The number of benzene rings is 4. The largest absolute Gasteiger partial charge is 0.381 e. The minimum atomic E-state index is -1.56. The molecule has 0 bridgehead atoms. The molecule has 2 atom stereocenters. The van der Waals surface area contributed by atoms with Gasteiger partial charge >= 0.3 is 0 Å². The van der Waals surface area contributed by atoms with E-state index in [0.29, 0.717) is 21.8 Å². The lowest BCUT2D eigenvalue weighted by Gasteiger charge is -2.24. The molecule has 4 N–H and O–H groups in total. The lowest BCUT2D eigenvalue weighted by atomic mass is 10.00. The summed E-state index contributed by atoms with van der Waals surface area (Å²) in [5, 5.41) is 29.9. The first-order valence-electron chi connectivity index (χ1n) is 14.1. The van der Waals surface area contributed by atoms with Crippen LogP contribution in [-0.4, -0.2) is 43.0 Å². The van der Waals surface area contributed by atoms with Gasteiger partial charge in [-0.15, -0.1) is 5.10 Å². The highest BCUT2D eigenvalue weighted by Gasteiger charge is 2.29. The standard InChI is InChI=1S/C34H28ClN7O3/c35-24-14-15-28-29(16-17-36-30(28)18-24)38-25-12-7-13-27(19-25)42-21-26(40-41-42)20-37-34(45)32(43)31(22-8-3-1-4-9-22)39-33(44)23-10-5-2-6-11-23/h1-19,21,31-32,43H,20H2,(H,36,38)(H,37,45)(H,39,44)/t31-,32+/m0/s1. The highest BCUT2D eigenvalue weighted by molar-refractivity contribution is 6.31. The molecule has 224 valence electrons. The Kier molecular flexibility index (Phi) is 8.77. The van der Waals surface area contributed by atoms with Gasteiger partial charge in [0, 0.05) is 33.5 Å². The number of aliphatic hydroxyl groups is 1. The Morgan fingerprint density at radius 3 is 2.47 bits per heavy atom. The van der Waals surface area contributed by atoms with E-state index in [9.17, 15) is 14.7 Å². The van der Waals surface area contributed by atoms with Gasteiger partial charge in [0.2, 0.25) is 0 Å². The van der Waals surface area contributed by atoms with Gasteiger partial charge in [-0.05, 0) is 60.2 Å². The van der Waals surface area contributed by atoms with Crippen LogP contribution in [0, 0.1) is 0 Å². The van der Waals surface area contributed by atoms with Crippen molar-refractivity contribution < 1.29 is 14.7 Å². The Morgan fingerprint density at radius 1 is 0.889 bits per heavy atom. The summed E-state index contributed by atoms with van der Waals surface area (Å²) < 4.78 is 1.60. The number of fused-ring (bicyclic) bond motifs is 1. The van der Waals surface area contributed by atoms with E-state index in [-0.39, 0.29) is 6.54 Å². The van der Waals surface area contributed by atoms with Gasteiger partial charge in [0.05, 0.1) is 30.0 Å². The SMILES string of the molecule is O=C(N[C@@H](c1ccccc1)[C@@H](O)C(=O)NCc1cn(-c2cccc(Nc3ccnc4cc(Cl)ccc34)c2)nn1)c1ccccc1. The molecular formula is C34H28ClN7O3. The number of hydrogen-bond donors (Lipinski definition) is 4. The fourth-order valence-electron chi connectivity index (χ4n) is 4.87. The molecule has 0 saturated carbocycles. The summed E-state index contributed by atoms with van der Waals surface area (Å²) in [6.45, 7) is 0.0214. The number of nitrogens with zero attached hydrogens (tertiary/aromatic N) is 4. The summed E-state index contributed by atoms with van der Waals surface area (Å²) in [5.41, 5.74) is 4.73. The number of nitrogens with one attached hydrogen (secondary N) is 3. The number of anilines is 2. The molecule has 45 heavy (non-hydrogen) atoms. The van der Waals surface area contributed by atoms with Crippen molar-refractivity contribution >= 4 is 45.7 Å². The van der Waals surface area contributed by atoms with E-state index in [1.807, 2.05) is 54.6 Å². The van der Waals surface area contributed by atoms with Crippen LogP contribution in [0.5, 0.6) is 0 Å². The minimum Gasteiger partial charge on any atom is -0.381 e. The van der Waals surface area contributed by atoms with Crippen LogP contribution in [0.1, 0.15) is 27.7 Å². The molecule has 0 spiro atoms. The van der Waals surface area contributed by atoms with Crippen molar-refractivity contribution in [2.75, 3.05) is 5.32 Å². The van der Waals surface area contributed by atoms with Crippen LogP contribution in [0.3, 0.4) is 0 Å². The second-order valence-corrected chi connectivity index (χ2v) is 10.7. The number of halogens is 1. The third kappa shape index (κ3) is 6.98. The lowest BCUT2D eigenvalue weighted by Crippen LogP contribution is -2.45. The molecule has 6 rings (SSSR count). The molecular weight excluding hydrogens is 590 g/mol. The van der Waals surface area contributed by atoms with Crippen molar-refractivity contribution in [1.82, 2.24) is 30.6 Å². The van der Waals surface area contributed by atoms with Crippen LogP contribution in [0.4, 0.5) is 11.4 Å². The van der Waals surface area contributed by atoms with Gasteiger partial charge in [-0.3, -0.25) is 14.6 Å². The Labute approximate surface area is 263 Å².